The van der Waals surface area contributed by atoms with E-state index >= 15 is 0 Å². The van der Waals surface area contributed by atoms with Gasteiger partial charge in [0.25, 0.3) is 0 Å². The Bertz CT molecular complexity index is 779. The molecule has 2 N–H and O–H groups in total. The Hall–Kier alpha value is -2.19. The maximum Gasteiger partial charge on any atom is 0.416 e. The Balaban J connectivity index is 2.37. The number of aliphatic hydroxyl groups is 1. The molecule has 0 radical (unpaired) electrons. The van der Waals surface area contributed by atoms with Gasteiger partial charge in [-0.1, -0.05) is 13.8 Å². The lowest BCUT2D eigenvalue weighted by Crippen LogP contribution is -2.36. The van der Waals surface area contributed by atoms with Gasteiger partial charge < -0.3 is 15.2 Å². The number of rotatable bonds is 7. The monoisotopic (exact) mass is 386 g/mol. The van der Waals surface area contributed by atoms with Crippen molar-refractivity contribution in [2.24, 2.45) is 5.92 Å². The van der Waals surface area contributed by atoms with Crippen molar-refractivity contribution in [3.05, 3.63) is 47.4 Å². The minimum absolute atomic E-state index is 0.0331. The lowest BCUT2D eigenvalue weighted by molar-refractivity contribution is -0.137. The van der Waals surface area contributed by atoms with Gasteiger partial charge in [-0.15, -0.1) is 0 Å². The highest BCUT2D eigenvalue weighted by Gasteiger charge is 2.31. The normalized spacial score (nSPS) is 13.1. The molecule has 1 aromatic carbocycles. The first-order chi connectivity index (χ1) is 12.7. The zero-order valence-electron chi connectivity index (χ0n) is 15.3. The summed E-state index contributed by atoms with van der Waals surface area (Å²) >= 11 is 0. The Labute approximate surface area is 155 Å². The third-order valence-electron chi connectivity index (χ3n) is 4.22. The van der Waals surface area contributed by atoms with E-state index in [0.29, 0.717) is 0 Å². The number of ether oxygens (including phenoxy) is 1. The van der Waals surface area contributed by atoms with Crippen LogP contribution in [-0.2, 0) is 12.7 Å². The number of alkyl halides is 3. The van der Waals surface area contributed by atoms with Gasteiger partial charge in [0.05, 0.1) is 30.7 Å². The van der Waals surface area contributed by atoms with E-state index < -0.39 is 17.6 Å². The lowest BCUT2D eigenvalue weighted by atomic mass is 10.0. The van der Waals surface area contributed by atoms with Crippen LogP contribution in [0, 0.1) is 11.7 Å². The first-order valence-electron chi connectivity index (χ1n) is 8.42. The van der Waals surface area contributed by atoms with Gasteiger partial charge in [0.1, 0.15) is 11.6 Å². The molecule has 0 aliphatic carbocycles. The first kappa shape index (κ1) is 21.1. The molecule has 0 spiro atoms. The Morgan fingerprint density at radius 1 is 1.19 bits per heavy atom. The molecule has 1 heterocycles. The smallest absolute Gasteiger partial charge is 0.416 e. The fraction of sp³-hybridized carbons (Fsp3) is 0.421. The van der Waals surface area contributed by atoms with Crippen LogP contribution in [0.3, 0.4) is 0 Å². The quantitative estimate of drug-likeness (QED) is 0.706. The number of pyridine rings is 1. The van der Waals surface area contributed by atoms with Gasteiger partial charge in [0.15, 0.2) is 0 Å². The van der Waals surface area contributed by atoms with Gasteiger partial charge in [-0.25, -0.2) is 9.37 Å². The molecule has 4 nitrogen and oxygen atoms in total. The van der Waals surface area contributed by atoms with Crippen molar-refractivity contribution >= 4 is 0 Å². The third-order valence-corrected chi connectivity index (χ3v) is 4.22. The third kappa shape index (κ3) is 5.40. The SMILES string of the molecule is COc1cc(-c2ccc(F)c(CN[C@@H](CO)C(C)C)n2)cc(C(F)(F)F)c1. The molecule has 2 aromatic rings. The highest BCUT2D eigenvalue weighted by molar-refractivity contribution is 5.63. The summed E-state index contributed by atoms with van der Waals surface area (Å²) in [5.41, 5.74) is -0.445. The molecular formula is C19H22F4N2O2. The summed E-state index contributed by atoms with van der Waals surface area (Å²) in [5, 5.41) is 12.3. The molecule has 8 heteroatoms. The minimum atomic E-state index is -4.54. The Morgan fingerprint density at radius 3 is 2.44 bits per heavy atom. The van der Waals surface area contributed by atoms with E-state index in [1.54, 1.807) is 0 Å². The molecule has 0 saturated heterocycles. The fourth-order valence-corrected chi connectivity index (χ4v) is 2.54. The zero-order valence-corrected chi connectivity index (χ0v) is 15.3. The minimum Gasteiger partial charge on any atom is -0.497 e. The van der Waals surface area contributed by atoms with Gasteiger partial charge in [-0.3, -0.25) is 0 Å². The second-order valence-corrected chi connectivity index (χ2v) is 6.49. The summed E-state index contributed by atoms with van der Waals surface area (Å²) in [6.07, 6.45) is -4.54. The van der Waals surface area contributed by atoms with E-state index in [2.05, 4.69) is 10.3 Å². The van der Waals surface area contributed by atoms with Crippen LogP contribution in [-0.4, -0.2) is 29.8 Å². The molecule has 0 aliphatic rings. The maximum absolute atomic E-state index is 14.1. The van der Waals surface area contributed by atoms with Gasteiger partial charge in [0.2, 0.25) is 0 Å². The lowest BCUT2D eigenvalue weighted by Gasteiger charge is -2.20. The van der Waals surface area contributed by atoms with Crippen molar-refractivity contribution in [2.45, 2.75) is 32.6 Å². The van der Waals surface area contributed by atoms with Crippen LogP contribution in [0.4, 0.5) is 17.6 Å². The van der Waals surface area contributed by atoms with E-state index in [1.165, 1.54) is 19.2 Å². The van der Waals surface area contributed by atoms with E-state index in [9.17, 15) is 22.7 Å². The number of aliphatic hydroxyl groups excluding tert-OH is 1. The second-order valence-electron chi connectivity index (χ2n) is 6.49. The van der Waals surface area contributed by atoms with Gasteiger partial charge in [0, 0.05) is 18.2 Å². The second kappa shape index (κ2) is 8.67. The summed E-state index contributed by atoms with van der Waals surface area (Å²) in [5.74, 6) is -0.426. The van der Waals surface area contributed by atoms with Crippen molar-refractivity contribution in [2.75, 3.05) is 13.7 Å². The number of benzene rings is 1. The van der Waals surface area contributed by atoms with Crippen LogP contribution < -0.4 is 10.1 Å². The van der Waals surface area contributed by atoms with Crippen LogP contribution in [0.15, 0.2) is 30.3 Å². The van der Waals surface area contributed by atoms with Crippen molar-refractivity contribution < 1.29 is 27.4 Å². The van der Waals surface area contributed by atoms with Crippen LogP contribution in [0.5, 0.6) is 5.75 Å². The predicted octanol–water partition coefficient (Wildman–Crippen LogP) is 4.02. The molecule has 1 atom stereocenters. The number of hydrogen-bond acceptors (Lipinski definition) is 4. The standard InChI is InChI=1S/C19H22F4N2O2/c1-11(2)18(10-26)24-9-17-15(20)4-5-16(25-17)12-6-13(19(21,22)23)8-14(7-12)27-3/h4-8,11,18,24,26H,9-10H2,1-3H3/t18-/m0/s1. The highest BCUT2D eigenvalue weighted by Crippen LogP contribution is 2.35. The van der Waals surface area contributed by atoms with Crippen LogP contribution in [0.25, 0.3) is 11.3 Å². The summed E-state index contributed by atoms with van der Waals surface area (Å²) in [6.45, 7) is 3.73. The molecule has 27 heavy (non-hydrogen) atoms. The maximum atomic E-state index is 14.1. The van der Waals surface area contributed by atoms with Gasteiger partial charge >= 0.3 is 6.18 Å². The average Bonchev–Trinajstić information content (AvgIpc) is 2.62. The number of aromatic nitrogens is 1. The van der Waals surface area contributed by atoms with Crippen molar-refractivity contribution in [3.63, 3.8) is 0 Å². The molecule has 148 valence electrons. The van der Waals surface area contributed by atoms with Crippen molar-refractivity contribution in [1.29, 1.82) is 0 Å². The van der Waals surface area contributed by atoms with E-state index in [0.717, 1.165) is 18.2 Å². The molecule has 0 fully saturated rings. The number of halogens is 4. The topological polar surface area (TPSA) is 54.4 Å². The first-order valence-corrected chi connectivity index (χ1v) is 8.42. The highest BCUT2D eigenvalue weighted by atomic mass is 19.4. The number of nitrogens with one attached hydrogen (secondary N) is 1. The average molecular weight is 386 g/mol. The summed E-state index contributed by atoms with van der Waals surface area (Å²) in [4.78, 5) is 4.16. The van der Waals surface area contributed by atoms with E-state index in [4.69, 9.17) is 4.74 Å². The van der Waals surface area contributed by atoms with Crippen LogP contribution >= 0.6 is 0 Å². The molecule has 0 bridgehead atoms. The Kier molecular flexibility index (Phi) is 6.78. The fourth-order valence-electron chi connectivity index (χ4n) is 2.54. The number of hydrogen-bond donors (Lipinski definition) is 2. The molecule has 0 aliphatic heterocycles. The molecule has 0 saturated carbocycles. The van der Waals surface area contributed by atoms with Gasteiger partial charge in [-0.05, 0) is 36.2 Å². The molecule has 1 aromatic heterocycles. The molecule has 2 rings (SSSR count). The number of methoxy groups -OCH3 is 1. The number of nitrogens with zero attached hydrogens (tertiary/aromatic N) is 1. The summed E-state index contributed by atoms with van der Waals surface area (Å²) < 4.78 is 58.3. The van der Waals surface area contributed by atoms with Crippen molar-refractivity contribution in [3.8, 4) is 17.0 Å². The van der Waals surface area contributed by atoms with E-state index in [1.807, 2.05) is 13.8 Å². The summed E-state index contributed by atoms with van der Waals surface area (Å²) in [7, 11) is 1.27. The Morgan fingerprint density at radius 2 is 1.89 bits per heavy atom. The predicted molar refractivity (Wildman–Crippen MR) is 93.7 cm³/mol. The van der Waals surface area contributed by atoms with Crippen LogP contribution in [0.2, 0.25) is 0 Å². The summed E-state index contributed by atoms with van der Waals surface area (Å²) in [6, 6.07) is 5.49. The molecule has 0 amide bonds. The van der Waals surface area contributed by atoms with Crippen molar-refractivity contribution in [1.82, 2.24) is 10.3 Å². The van der Waals surface area contributed by atoms with Gasteiger partial charge in [-0.2, -0.15) is 13.2 Å². The van der Waals surface area contributed by atoms with Crippen LogP contribution in [0.1, 0.15) is 25.1 Å². The zero-order chi connectivity index (χ0) is 20.2. The van der Waals surface area contributed by atoms with E-state index in [-0.39, 0.29) is 47.8 Å². The molecular weight excluding hydrogens is 364 g/mol. The molecule has 0 unspecified atom stereocenters. The largest absolute Gasteiger partial charge is 0.497 e.